The van der Waals surface area contributed by atoms with E-state index in [1.54, 1.807) is 11.8 Å². The van der Waals surface area contributed by atoms with Gasteiger partial charge >= 0.3 is 0 Å². The lowest BCUT2D eigenvalue weighted by molar-refractivity contribution is -0.116. The Kier molecular flexibility index (Phi) is 7.74. The molecule has 184 valence electrons. The molecule has 1 aliphatic heterocycles. The second-order valence-corrected chi connectivity index (χ2v) is 8.40. The normalized spacial score (nSPS) is 13.0. The molecule has 2 heterocycles. The van der Waals surface area contributed by atoms with Gasteiger partial charge in [-0.3, -0.25) is 4.79 Å². The van der Waals surface area contributed by atoms with Crippen molar-refractivity contribution in [3.05, 3.63) is 89.1 Å². The highest BCUT2D eigenvalue weighted by atomic mass is 19.1. The van der Waals surface area contributed by atoms with Crippen LogP contribution in [0.5, 0.6) is 0 Å². The van der Waals surface area contributed by atoms with Crippen molar-refractivity contribution in [2.24, 2.45) is 0 Å². The van der Waals surface area contributed by atoms with Crippen LogP contribution in [-0.2, 0) is 17.8 Å². The minimum atomic E-state index is -0.358. The van der Waals surface area contributed by atoms with Gasteiger partial charge in [0.2, 0.25) is 18.2 Å². The van der Waals surface area contributed by atoms with E-state index in [-0.39, 0.29) is 11.7 Å². The van der Waals surface area contributed by atoms with Gasteiger partial charge in [-0.2, -0.15) is 0 Å². The van der Waals surface area contributed by atoms with E-state index < -0.39 is 0 Å². The van der Waals surface area contributed by atoms with Crippen molar-refractivity contribution in [2.75, 3.05) is 4.90 Å². The second kappa shape index (κ2) is 11.1. The number of hydrogen-bond acceptors (Lipinski definition) is 4. The van der Waals surface area contributed by atoms with Crippen LogP contribution >= 0.6 is 0 Å². The van der Waals surface area contributed by atoms with Crippen molar-refractivity contribution in [1.82, 2.24) is 10.2 Å². The van der Waals surface area contributed by atoms with E-state index in [9.17, 15) is 4.79 Å². The Labute approximate surface area is 211 Å². The summed E-state index contributed by atoms with van der Waals surface area (Å²) < 4.78 is 20.8. The first-order valence-corrected chi connectivity index (χ1v) is 12.3. The maximum Gasteiger partial charge on any atom is 0.248 e. The zero-order valence-corrected chi connectivity index (χ0v) is 21.1. The molecule has 0 saturated heterocycles. The Balaban J connectivity index is 0.00000148. The van der Waals surface area contributed by atoms with Crippen LogP contribution in [0.15, 0.2) is 65.4 Å². The first-order valence-electron chi connectivity index (χ1n) is 12.3. The summed E-state index contributed by atoms with van der Waals surface area (Å²) in [5.74, 6) is -0.0958. The van der Waals surface area contributed by atoms with Gasteiger partial charge in [0.25, 0.3) is 0 Å². The van der Waals surface area contributed by atoms with Gasteiger partial charge in [0.1, 0.15) is 5.82 Å². The molecular formula is C30H30FN3O2. The molecule has 1 aliphatic rings. The molecule has 3 aromatic carbocycles. The molecule has 6 heteroatoms. The van der Waals surface area contributed by atoms with E-state index >= 15 is 4.39 Å². The fraction of sp³-hybridized carbons (Fsp3) is 0.233. The minimum Gasteiger partial charge on any atom is -0.423 e. The van der Waals surface area contributed by atoms with Crippen molar-refractivity contribution in [1.29, 1.82) is 0 Å². The number of carbonyl (C=O) groups is 1. The Morgan fingerprint density at radius 1 is 1.00 bits per heavy atom. The van der Waals surface area contributed by atoms with Gasteiger partial charge < -0.3 is 9.32 Å². The molecule has 5 nitrogen and oxygen atoms in total. The molecule has 36 heavy (non-hydrogen) atoms. The van der Waals surface area contributed by atoms with Gasteiger partial charge in [-0.1, -0.05) is 69.7 Å². The first-order chi connectivity index (χ1) is 17.5. The number of amides is 1. The summed E-state index contributed by atoms with van der Waals surface area (Å²) in [7, 11) is 0. The highest BCUT2D eigenvalue weighted by molar-refractivity contribution is 5.96. The maximum atomic E-state index is 15.4. The highest BCUT2D eigenvalue weighted by Gasteiger charge is 2.22. The Hall–Kier alpha value is -4.06. The molecular weight excluding hydrogens is 453 g/mol. The smallest absolute Gasteiger partial charge is 0.248 e. The van der Waals surface area contributed by atoms with Gasteiger partial charge in [-0.15, -0.1) is 10.2 Å². The Bertz CT molecular complexity index is 1390. The molecule has 0 bridgehead atoms. The molecule has 0 unspecified atom stereocenters. The number of carbonyl (C=O) groups excluding carboxylic acids is 1. The Morgan fingerprint density at radius 2 is 1.75 bits per heavy atom. The van der Waals surface area contributed by atoms with Crippen LogP contribution in [0.4, 0.5) is 10.1 Å². The summed E-state index contributed by atoms with van der Waals surface area (Å²) in [6.45, 7) is 8.04. The van der Waals surface area contributed by atoms with E-state index in [1.165, 1.54) is 18.0 Å². The van der Waals surface area contributed by atoms with Crippen LogP contribution in [0.3, 0.4) is 0 Å². The topological polar surface area (TPSA) is 59.2 Å². The van der Waals surface area contributed by atoms with Crippen LogP contribution in [0, 0.1) is 5.82 Å². The predicted molar refractivity (Wildman–Crippen MR) is 143 cm³/mol. The average molecular weight is 484 g/mol. The van der Waals surface area contributed by atoms with E-state index in [1.807, 2.05) is 62.4 Å². The lowest BCUT2D eigenvalue weighted by Gasteiger charge is -2.27. The van der Waals surface area contributed by atoms with Gasteiger partial charge in [-0.25, -0.2) is 4.39 Å². The van der Waals surface area contributed by atoms with Crippen LogP contribution < -0.4 is 4.90 Å². The van der Waals surface area contributed by atoms with Crippen molar-refractivity contribution >= 4 is 23.7 Å². The lowest BCUT2D eigenvalue weighted by Crippen LogP contribution is -2.29. The summed E-state index contributed by atoms with van der Waals surface area (Å²) in [5.41, 5.74) is 6.32. The SMILES string of the molecule is CC.CCCc1ccc2c(c1)N(C(C)=O)Cc1cc(-c3ccccc3-c3nnco3)c(F)cc1/C=C\2. The summed E-state index contributed by atoms with van der Waals surface area (Å²) in [6, 6.07) is 16.9. The third-order valence-corrected chi connectivity index (χ3v) is 6.11. The van der Waals surface area contributed by atoms with E-state index in [2.05, 4.69) is 29.3 Å². The average Bonchev–Trinajstić information content (AvgIpc) is 3.42. The molecule has 0 aliphatic carbocycles. The van der Waals surface area contributed by atoms with Crippen LogP contribution in [0.1, 0.15) is 56.4 Å². The number of aryl methyl sites for hydroxylation is 1. The molecule has 0 fully saturated rings. The quantitative estimate of drug-likeness (QED) is 0.301. The lowest BCUT2D eigenvalue weighted by atomic mass is 9.93. The standard InChI is InChI=1S/C28H24FN3O2.C2H6/c1-3-6-19-9-10-20-11-12-21-15-26(29)25(14-22(21)16-32(18(2)33)27(20)13-19)23-7-4-5-8-24(23)28-31-30-17-34-28;1-2/h4-5,7-15,17H,3,6,16H2,1-2H3;1-2H3/b12-11-;. The number of fused-ring (bicyclic) bond motifs is 2. The maximum absolute atomic E-state index is 15.4. The fourth-order valence-electron chi connectivity index (χ4n) is 4.45. The molecule has 0 atom stereocenters. The number of benzene rings is 3. The predicted octanol–water partition coefficient (Wildman–Crippen LogP) is 7.56. The molecule has 0 radical (unpaired) electrons. The third kappa shape index (κ3) is 4.98. The molecule has 0 saturated carbocycles. The van der Waals surface area contributed by atoms with E-state index in [0.717, 1.165) is 35.2 Å². The zero-order valence-electron chi connectivity index (χ0n) is 21.1. The third-order valence-electron chi connectivity index (χ3n) is 6.11. The number of nitrogens with zero attached hydrogens (tertiary/aromatic N) is 3. The van der Waals surface area contributed by atoms with Crippen LogP contribution in [0.2, 0.25) is 0 Å². The van der Waals surface area contributed by atoms with Crippen molar-refractivity contribution < 1.29 is 13.6 Å². The molecule has 0 spiro atoms. The van der Waals surface area contributed by atoms with Gasteiger partial charge in [0, 0.05) is 18.1 Å². The number of anilines is 1. The molecule has 1 aromatic heterocycles. The summed E-state index contributed by atoms with van der Waals surface area (Å²) in [5, 5.41) is 7.75. The molecule has 1 amide bonds. The van der Waals surface area contributed by atoms with Gasteiger partial charge in [-0.05, 0) is 58.5 Å². The van der Waals surface area contributed by atoms with Crippen molar-refractivity contribution in [3.8, 4) is 22.6 Å². The van der Waals surface area contributed by atoms with Crippen LogP contribution in [-0.4, -0.2) is 16.1 Å². The summed E-state index contributed by atoms with van der Waals surface area (Å²) in [6.07, 6.45) is 7.09. The minimum absolute atomic E-state index is 0.0618. The highest BCUT2D eigenvalue weighted by Crippen LogP contribution is 2.36. The molecule has 4 aromatic rings. The number of aromatic nitrogens is 2. The number of rotatable bonds is 4. The molecule has 5 rings (SSSR count). The monoisotopic (exact) mass is 483 g/mol. The summed E-state index contributed by atoms with van der Waals surface area (Å²) in [4.78, 5) is 14.5. The first kappa shape index (κ1) is 25.0. The van der Waals surface area contributed by atoms with Gasteiger partial charge in [0.15, 0.2) is 0 Å². The fourth-order valence-corrected chi connectivity index (χ4v) is 4.45. The number of hydrogen-bond donors (Lipinski definition) is 0. The second-order valence-electron chi connectivity index (χ2n) is 8.40. The molecule has 0 N–H and O–H groups in total. The van der Waals surface area contributed by atoms with Gasteiger partial charge in [0.05, 0.1) is 12.2 Å². The van der Waals surface area contributed by atoms with Crippen LogP contribution in [0.25, 0.3) is 34.7 Å². The zero-order chi connectivity index (χ0) is 25.7. The van der Waals surface area contributed by atoms with Crippen molar-refractivity contribution in [3.63, 3.8) is 0 Å². The summed E-state index contributed by atoms with van der Waals surface area (Å²) >= 11 is 0. The van der Waals surface area contributed by atoms with E-state index in [4.69, 9.17) is 4.42 Å². The van der Waals surface area contributed by atoms with E-state index in [0.29, 0.717) is 29.1 Å². The van der Waals surface area contributed by atoms with Crippen molar-refractivity contribution in [2.45, 2.75) is 47.1 Å². The Morgan fingerprint density at radius 3 is 2.44 bits per heavy atom. The largest absolute Gasteiger partial charge is 0.423 e. The number of halogens is 1.